The lowest BCUT2D eigenvalue weighted by molar-refractivity contribution is 0.0123. The predicted molar refractivity (Wildman–Crippen MR) is 122 cm³/mol. The first-order valence-electron chi connectivity index (χ1n) is 10.0. The highest BCUT2D eigenvalue weighted by Crippen LogP contribution is 2.28. The van der Waals surface area contributed by atoms with Gasteiger partial charge in [-0.2, -0.15) is 0 Å². The molecule has 1 N–H and O–H groups in total. The smallest absolute Gasteiger partial charge is 0.193 e. The average molecular weight is 506 g/mol. The Morgan fingerprint density at radius 3 is 2.71 bits per heavy atom. The van der Waals surface area contributed by atoms with Crippen LogP contribution in [0.4, 0.5) is 0 Å². The number of aryl methyl sites for hydroxylation is 1. The molecule has 0 amide bonds. The molecule has 8 heteroatoms. The molecule has 1 saturated carbocycles. The number of hydrogen-bond acceptors (Lipinski definition) is 5. The molecule has 7 nitrogen and oxygen atoms in total. The quantitative estimate of drug-likeness (QED) is 0.241. The van der Waals surface area contributed by atoms with Crippen LogP contribution in [0.25, 0.3) is 0 Å². The Labute approximate surface area is 185 Å². The monoisotopic (exact) mass is 506 g/mol. The summed E-state index contributed by atoms with van der Waals surface area (Å²) in [4.78, 5) is 8.97. The number of nitrogens with zero attached hydrogens (tertiary/aromatic N) is 3. The van der Waals surface area contributed by atoms with Crippen molar-refractivity contribution < 1.29 is 13.9 Å². The Hall–Kier alpha value is -0.840. The summed E-state index contributed by atoms with van der Waals surface area (Å²) in [5.41, 5.74) is 0. The molecule has 0 radical (unpaired) electrons. The van der Waals surface area contributed by atoms with Crippen LogP contribution in [0.15, 0.2) is 21.5 Å². The molecule has 1 aliphatic carbocycles. The van der Waals surface area contributed by atoms with Gasteiger partial charge in [-0.25, -0.2) is 0 Å². The minimum atomic E-state index is 0. The lowest BCUT2D eigenvalue weighted by atomic mass is 10.1. The third kappa shape index (κ3) is 7.20. The van der Waals surface area contributed by atoms with Crippen molar-refractivity contribution in [3.63, 3.8) is 0 Å². The van der Waals surface area contributed by atoms with Crippen molar-refractivity contribution in [2.24, 2.45) is 10.9 Å². The van der Waals surface area contributed by atoms with E-state index in [0.717, 1.165) is 76.0 Å². The number of hydrogen-bond donors (Lipinski definition) is 1. The highest BCUT2D eigenvalue weighted by molar-refractivity contribution is 14.0. The van der Waals surface area contributed by atoms with Gasteiger partial charge in [0.05, 0.1) is 25.9 Å². The maximum Gasteiger partial charge on any atom is 0.193 e. The minimum absolute atomic E-state index is 0. The van der Waals surface area contributed by atoms with Gasteiger partial charge in [-0.1, -0.05) is 0 Å². The Kier molecular flexibility index (Phi) is 10.0. The summed E-state index contributed by atoms with van der Waals surface area (Å²) in [5, 5.41) is 3.51. The molecule has 0 bridgehead atoms. The molecule has 1 atom stereocenters. The normalized spacial score (nSPS) is 19.2. The fourth-order valence-electron chi connectivity index (χ4n) is 3.35. The molecule has 1 aromatic rings. The molecule has 0 spiro atoms. The summed E-state index contributed by atoms with van der Waals surface area (Å²) in [5.74, 6) is 3.62. The third-order valence-corrected chi connectivity index (χ3v) is 5.22. The zero-order valence-electron chi connectivity index (χ0n) is 17.4. The number of morpholine rings is 1. The van der Waals surface area contributed by atoms with Gasteiger partial charge in [0.1, 0.15) is 11.5 Å². The number of guanidine groups is 1. The first-order valence-corrected chi connectivity index (χ1v) is 10.0. The lowest BCUT2D eigenvalue weighted by Gasteiger charge is -2.34. The van der Waals surface area contributed by atoms with Crippen molar-refractivity contribution in [1.29, 1.82) is 0 Å². The van der Waals surface area contributed by atoms with Crippen molar-refractivity contribution in [1.82, 2.24) is 15.1 Å². The second-order valence-electron chi connectivity index (χ2n) is 7.48. The zero-order valence-corrected chi connectivity index (χ0v) is 19.7. The predicted octanol–water partition coefficient (Wildman–Crippen LogP) is 2.51. The number of nitrogens with one attached hydrogen (secondary N) is 1. The van der Waals surface area contributed by atoms with Gasteiger partial charge in [0, 0.05) is 46.9 Å². The number of halogens is 1. The molecule has 28 heavy (non-hydrogen) atoms. The van der Waals surface area contributed by atoms with Crippen LogP contribution in [0.3, 0.4) is 0 Å². The number of furan rings is 1. The Morgan fingerprint density at radius 2 is 2.11 bits per heavy atom. The molecule has 3 rings (SSSR count). The second kappa shape index (κ2) is 12.0. The van der Waals surface area contributed by atoms with E-state index in [9.17, 15) is 0 Å². The largest absolute Gasteiger partial charge is 0.465 e. The van der Waals surface area contributed by atoms with E-state index in [4.69, 9.17) is 13.9 Å². The summed E-state index contributed by atoms with van der Waals surface area (Å²) >= 11 is 0. The van der Waals surface area contributed by atoms with Crippen molar-refractivity contribution in [2.75, 3.05) is 66.7 Å². The Bertz CT molecular complexity index is 600. The first-order chi connectivity index (χ1) is 13.2. The molecule has 2 fully saturated rings. The maximum absolute atomic E-state index is 5.94. The molecule has 1 saturated heterocycles. The van der Waals surface area contributed by atoms with Crippen LogP contribution in [-0.4, -0.2) is 82.5 Å². The molecular formula is C20H35IN4O3. The number of aliphatic imine (C=N–C) groups is 1. The van der Waals surface area contributed by atoms with Crippen LogP contribution in [0.1, 0.15) is 30.4 Å². The fraction of sp³-hybridized carbons (Fsp3) is 0.750. The van der Waals surface area contributed by atoms with E-state index in [1.165, 1.54) is 12.8 Å². The molecule has 1 aromatic heterocycles. The number of ether oxygens (including phenoxy) is 2. The Balaban J connectivity index is 0.00000280. The van der Waals surface area contributed by atoms with Crippen molar-refractivity contribution in [3.8, 4) is 0 Å². The van der Waals surface area contributed by atoms with Crippen LogP contribution in [0.5, 0.6) is 0 Å². The SMILES string of the molecule is CN=C(NCC(c1ccc(C)o1)N1CCOCC1)N(C)CCOCC1CC1.I. The van der Waals surface area contributed by atoms with Crippen LogP contribution in [0, 0.1) is 12.8 Å². The number of likely N-dealkylation sites (N-methyl/N-ethyl adjacent to an activating group) is 1. The third-order valence-electron chi connectivity index (χ3n) is 5.22. The van der Waals surface area contributed by atoms with E-state index in [0.29, 0.717) is 0 Å². The standard InChI is InChI=1S/C20H34N4O3.HI/c1-16-4-7-19(27-16)18(24-9-12-25-13-10-24)14-22-20(21-2)23(3)8-11-26-15-17-5-6-17;/h4,7,17-18H,5-6,8-15H2,1-3H3,(H,21,22);1H. The van der Waals surface area contributed by atoms with Crippen LogP contribution < -0.4 is 5.32 Å². The van der Waals surface area contributed by atoms with Gasteiger partial charge in [-0.05, 0) is 37.8 Å². The molecule has 160 valence electrons. The summed E-state index contributed by atoms with van der Waals surface area (Å²) < 4.78 is 17.2. The van der Waals surface area contributed by atoms with E-state index in [2.05, 4.69) is 33.2 Å². The van der Waals surface area contributed by atoms with Crippen LogP contribution >= 0.6 is 24.0 Å². The maximum atomic E-state index is 5.94. The van der Waals surface area contributed by atoms with Crippen molar-refractivity contribution >= 4 is 29.9 Å². The fourth-order valence-corrected chi connectivity index (χ4v) is 3.35. The summed E-state index contributed by atoms with van der Waals surface area (Å²) in [6.45, 7) is 8.55. The highest BCUT2D eigenvalue weighted by Gasteiger charge is 2.26. The molecule has 1 aliphatic heterocycles. The van der Waals surface area contributed by atoms with Gasteiger partial charge in [-0.3, -0.25) is 9.89 Å². The van der Waals surface area contributed by atoms with Gasteiger partial charge in [0.2, 0.25) is 0 Å². The number of rotatable bonds is 9. The lowest BCUT2D eigenvalue weighted by Crippen LogP contribution is -2.47. The topological polar surface area (TPSA) is 62.5 Å². The molecular weight excluding hydrogens is 471 g/mol. The first kappa shape index (κ1) is 23.4. The van der Waals surface area contributed by atoms with E-state index in [1.54, 1.807) is 0 Å². The second-order valence-corrected chi connectivity index (χ2v) is 7.48. The van der Waals surface area contributed by atoms with Crippen LogP contribution in [-0.2, 0) is 9.47 Å². The van der Waals surface area contributed by atoms with E-state index in [1.807, 2.05) is 20.0 Å². The average Bonchev–Trinajstić information content (AvgIpc) is 3.42. The van der Waals surface area contributed by atoms with E-state index in [-0.39, 0.29) is 30.0 Å². The van der Waals surface area contributed by atoms with Crippen LogP contribution in [0.2, 0.25) is 0 Å². The Morgan fingerprint density at radius 1 is 1.36 bits per heavy atom. The van der Waals surface area contributed by atoms with E-state index >= 15 is 0 Å². The van der Waals surface area contributed by atoms with Gasteiger partial charge < -0.3 is 24.1 Å². The van der Waals surface area contributed by atoms with Crippen molar-refractivity contribution in [2.45, 2.75) is 25.8 Å². The molecule has 2 aliphatic rings. The summed E-state index contributed by atoms with van der Waals surface area (Å²) in [7, 11) is 3.88. The van der Waals surface area contributed by atoms with Gasteiger partial charge in [0.25, 0.3) is 0 Å². The van der Waals surface area contributed by atoms with Crippen molar-refractivity contribution in [3.05, 3.63) is 23.7 Å². The molecule has 0 aromatic carbocycles. The zero-order chi connectivity index (χ0) is 19.1. The molecule has 2 heterocycles. The van der Waals surface area contributed by atoms with Gasteiger partial charge >= 0.3 is 0 Å². The van der Waals surface area contributed by atoms with E-state index < -0.39 is 0 Å². The molecule has 1 unspecified atom stereocenters. The summed E-state index contributed by atoms with van der Waals surface area (Å²) in [6.07, 6.45) is 2.66. The van der Waals surface area contributed by atoms with Gasteiger partial charge in [0.15, 0.2) is 5.96 Å². The van der Waals surface area contributed by atoms with Gasteiger partial charge in [-0.15, -0.1) is 24.0 Å². The highest BCUT2D eigenvalue weighted by atomic mass is 127. The minimum Gasteiger partial charge on any atom is -0.465 e. The summed E-state index contributed by atoms with van der Waals surface area (Å²) in [6, 6.07) is 4.27.